The summed E-state index contributed by atoms with van der Waals surface area (Å²) in [6.45, 7) is 12.2. The quantitative estimate of drug-likeness (QED) is 0.134. The Morgan fingerprint density at radius 1 is 0.913 bits per heavy atom. The van der Waals surface area contributed by atoms with Gasteiger partial charge in [-0.05, 0) is 101 Å². The lowest BCUT2D eigenvalue weighted by molar-refractivity contribution is -0.139. The van der Waals surface area contributed by atoms with Crippen molar-refractivity contribution in [1.29, 1.82) is 0 Å². The molecule has 0 radical (unpaired) electrons. The van der Waals surface area contributed by atoms with Gasteiger partial charge in [-0.25, -0.2) is 9.56 Å². The van der Waals surface area contributed by atoms with Crippen molar-refractivity contribution in [2.45, 2.75) is 97.1 Å². The summed E-state index contributed by atoms with van der Waals surface area (Å²) in [5.74, 6) is 0.208. The van der Waals surface area contributed by atoms with Crippen LogP contribution in [-0.2, 0) is 41.9 Å². The molecule has 4 rings (SSSR count). The highest BCUT2D eigenvalue weighted by molar-refractivity contribution is 7.48. The van der Waals surface area contributed by atoms with Crippen LogP contribution in [0.2, 0.25) is 0 Å². The Morgan fingerprint density at radius 2 is 1.59 bits per heavy atom. The van der Waals surface area contributed by atoms with Gasteiger partial charge in [0.05, 0.1) is 30.0 Å². The number of aliphatic imine (C=N–C) groups is 1. The summed E-state index contributed by atoms with van der Waals surface area (Å²) in [6, 6.07) is 18.2. The third kappa shape index (κ3) is 10.3. The van der Waals surface area contributed by atoms with Crippen molar-refractivity contribution < 1.29 is 40.8 Å². The molecule has 1 atom stereocenters. The van der Waals surface area contributed by atoms with E-state index < -0.39 is 36.3 Å². The van der Waals surface area contributed by atoms with Crippen LogP contribution in [0.5, 0.6) is 5.75 Å². The molecule has 1 unspecified atom stereocenters. The largest absolute Gasteiger partial charge is 0.493 e. The van der Waals surface area contributed by atoms with Crippen LogP contribution in [0, 0.1) is 0 Å². The third-order valence-electron chi connectivity index (χ3n) is 7.16. The lowest BCUT2D eigenvalue weighted by Gasteiger charge is -2.33. The van der Waals surface area contributed by atoms with Crippen LogP contribution in [0.15, 0.2) is 65.7 Å². The Morgan fingerprint density at radius 3 is 2.22 bits per heavy atom. The second kappa shape index (κ2) is 14.1. The first-order chi connectivity index (χ1) is 21.4. The van der Waals surface area contributed by atoms with Gasteiger partial charge in [0.25, 0.3) is 0 Å². The number of aryl methyl sites for hydroxylation is 2. The van der Waals surface area contributed by atoms with E-state index in [1.807, 2.05) is 42.5 Å². The topological polar surface area (TPSA) is 75.6 Å². The highest BCUT2D eigenvalue weighted by atomic mass is 31.2. The minimum absolute atomic E-state index is 0.119. The van der Waals surface area contributed by atoms with E-state index in [9.17, 15) is 17.7 Å². The predicted octanol–water partition coefficient (Wildman–Crippen LogP) is 9.75. The SMILES string of the molecule is CC1=NC(CCc2ccc(OCCCc3cccc4ccccc34)c(C(F)(F)F)c2)(COP(=O)(OC(C)(C)C)OC(C)(C)C)CO1. The third-order valence-corrected chi connectivity index (χ3v) is 9.15. The van der Waals surface area contributed by atoms with E-state index in [2.05, 4.69) is 4.99 Å². The number of phosphoric acid groups is 1. The molecule has 0 aliphatic carbocycles. The van der Waals surface area contributed by atoms with Crippen LogP contribution in [0.1, 0.15) is 78.0 Å². The number of hydrogen-bond acceptors (Lipinski definition) is 7. The van der Waals surface area contributed by atoms with E-state index >= 15 is 0 Å². The molecular formula is C35H45F3NO6P. The van der Waals surface area contributed by atoms with Crippen molar-refractivity contribution >= 4 is 24.5 Å². The van der Waals surface area contributed by atoms with Crippen LogP contribution >= 0.6 is 7.82 Å². The molecule has 1 aliphatic heterocycles. The molecule has 3 aromatic rings. The lowest BCUT2D eigenvalue weighted by Crippen LogP contribution is -2.36. The van der Waals surface area contributed by atoms with Crippen LogP contribution in [0.3, 0.4) is 0 Å². The van der Waals surface area contributed by atoms with Crippen LogP contribution in [0.25, 0.3) is 10.8 Å². The average molecular weight is 664 g/mol. The lowest BCUT2D eigenvalue weighted by atomic mass is 9.93. The molecule has 0 aromatic heterocycles. The van der Waals surface area contributed by atoms with Gasteiger partial charge in [-0.3, -0.25) is 13.6 Å². The Balaban J connectivity index is 1.44. The molecule has 0 saturated heterocycles. The van der Waals surface area contributed by atoms with Gasteiger partial charge in [-0.1, -0.05) is 48.5 Å². The van der Waals surface area contributed by atoms with Crippen LogP contribution in [0.4, 0.5) is 13.2 Å². The van der Waals surface area contributed by atoms with Crippen molar-refractivity contribution in [3.05, 3.63) is 77.4 Å². The number of alkyl halides is 3. The molecule has 0 fully saturated rings. The maximum atomic E-state index is 14.2. The smallest absolute Gasteiger partial charge is 0.475 e. The van der Waals surface area contributed by atoms with Gasteiger partial charge < -0.3 is 9.47 Å². The Hall–Kier alpha value is -2.91. The van der Waals surface area contributed by atoms with Gasteiger partial charge in [0, 0.05) is 6.92 Å². The fourth-order valence-corrected chi connectivity index (χ4v) is 7.15. The van der Waals surface area contributed by atoms with Gasteiger partial charge in [0.15, 0.2) is 5.90 Å². The standard InChI is InChI=1S/C35H45F3NO6P/c1-25-39-34(23-42-25,24-43-46(40,44-32(2,3)4)45-33(5,6)7)20-19-26-17-18-31(30(22-26)35(36,37)38)41-21-11-15-28-14-10-13-27-12-8-9-16-29(27)28/h8-10,12-14,16-18,22H,11,15,19-21,23-24H2,1-7H3. The zero-order chi connectivity index (χ0) is 33.8. The number of benzene rings is 3. The van der Waals surface area contributed by atoms with Crippen molar-refractivity contribution in [2.24, 2.45) is 4.99 Å². The first-order valence-corrected chi connectivity index (χ1v) is 17.0. The predicted molar refractivity (Wildman–Crippen MR) is 175 cm³/mol. The Labute approximate surface area is 270 Å². The first kappa shape index (κ1) is 35.9. The zero-order valence-corrected chi connectivity index (χ0v) is 28.6. The van der Waals surface area contributed by atoms with Crippen molar-refractivity contribution in [1.82, 2.24) is 0 Å². The fourth-order valence-electron chi connectivity index (χ4n) is 5.27. The monoisotopic (exact) mass is 663 g/mol. The average Bonchev–Trinajstić information content (AvgIpc) is 3.32. The van der Waals surface area contributed by atoms with Crippen LogP contribution < -0.4 is 4.74 Å². The van der Waals surface area contributed by atoms with E-state index in [-0.39, 0.29) is 38.4 Å². The second-order valence-corrected chi connectivity index (χ2v) is 15.2. The molecule has 1 heterocycles. The molecule has 0 saturated carbocycles. The molecule has 1 aliphatic rings. The number of hydrogen-bond donors (Lipinski definition) is 0. The van der Waals surface area contributed by atoms with E-state index in [4.69, 9.17) is 23.0 Å². The first-order valence-electron chi connectivity index (χ1n) is 15.5. The van der Waals surface area contributed by atoms with Crippen molar-refractivity contribution in [3.8, 4) is 5.75 Å². The highest BCUT2D eigenvalue weighted by Crippen LogP contribution is 2.56. The summed E-state index contributed by atoms with van der Waals surface area (Å²) in [7, 11) is -4.05. The van der Waals surface area contributed by atoms with Crippen molar-refractivity contribution in [2.75, 3.05) is 19.8 Å². The van der Waals surface area contributed by atoms with Crippen LogP contribution in [-0.4, -0.2) is 42.5 Å². The summed E-state index contributed by atoms with van der Waals surface area (Å²) in [5.41, 5.74) is -1.89. The zero-order valence-electron chi connectivity index (χ0n) is 27.7. The minimum atomic E-state index is -4.60. The number of ether oxygens (including phenoxy) is 2. The molecule has 46 heavy (non-hydrogen) atoms. The summed E-state index contributed by atoms with van der Waals surface area (Å²) in [6.07, 6.45) is -2.85. The maximum absolute atomic E-state index is 14.2. The summed E-state index contributed by atoms with van der Waals surface area (Å²) in [4.78, 5) is 4.60. The number of phosphoric ester groups is 1. The molecule has 0 amide bonds. The van der Waals surface area contributed by atoms with E-state index in [0.29, 0.717) is 24.3 Å². The molecule has 0 N–H and O–H groups in total. The van der Waals surface area contributed by atoms with Gasteiger partial charge in [0.2, 0.25) is 0 Å². The normalized spacial score (nSPS) is 17.7. The number of nitrogens with zero attached hydrogens (tertiary/aromatic N) is 1. The molecule has 11 heteroatoms. The molecule has 3 aromatic carbocycles. The fraction of sp³-hybridized carbons (Fsp3) is 0.514. The second-order valence-electron chi connectivity index (χ2n) is 13.7. The van der Waals surface area contributed by atoms with E-state index in [1.54, 1.807) is 54.5 Å². The Bertz CT molecular complexity index is 1550. The van der Waals surface area contributed by atoms with Gasteiger partial charge >= 0.3 is 14.0 Å². The number of fused-ring (bicyclic) bond motifs is 1. The molecule has 252 valence electrons. The number of rotatable bonds is 13. The summed E-state index contributed by atoms with van der Waals surface area (Å²) >= 11 is 0. The molecular weight excluding hydrogens is 618 g/mol. The van der Waals surface area contributed by atoms with Crippen molar-refractivity contribution in [3.63, 3.8) is 0 Å². The summed E-state index contributed by atoms with van der Waals surface area (Å²) < 4.78 is 84.7. The molecule has 7 nitrogen and oxygen atoms in total. The maximum Gasteiger partial charge on any atom is 0.475 e. The Kier molecular flexibility index (Phi) is 11.0. The van der Waals surface area contributed by atoms with E-state index in [1.165, 1.54) is 6.07 Å². The minimum Gasteiger partial charge on any atom is -0.493 e. The summed E-state index contributed by atoms with van der Waals surface area (Å²) in [5, 5.41) is 2.26. The van der Waals surface area contributed by atoms with Gasteiger partial charge in [-0.15, -0.1) is 0 Å². The highest BCUT2D eigenvalue weighted by Gasteiger charge is 2.43. The van der Waals surface area contributed by atoms with Gasteiger partial charge in [0.1, 0.15) is 17.9 Å². The molecule has 0 spiro atoms. The number of halogens is 3. The molecule has 0 bridgehead atoms. The van der Waals surface area contributed by atoms with Gasteiger partial charge in [-0.2, -0.15) is 13.2 Å². The van der Waals surface area contributed by atoms with E-state index in [0.717, 1.165) is 22.4 Å².